The summed E-state index contributed by atoms with van der Waals surface area (Å²) in [5.41, 5.74) is 1.77. The van der Waals surface area contributed by atoms with Gasteiger partial charge in [0.15, 0.2) is 0 Å². The van der Waals surface area contributed by atoms with E-state index in [0.29, 0.717) is 36.7 Å². The minimum absolute atomic E-state index is 0.0354. The van der Waals surface area contributed by atoms with Crippen molar-refractivity contribution in [3.63, 3.8) is 0 Å². The van der Waals surface area contributed by atoms with Gasteiger partial charge in [-0.15, -0.1) is 0 Å². The third-order valence-corrected chi connectivity index (χ3v) is 5.77. The molecule has 0 aromatic heterocycles. The number of hydrogen-bond donors (Lipinski definition) is 3. The third-order valence-electron chi connectivity index (χ3n) is 5.45. The molecular weight excluding hydrogens is 414 g/mol. The van der Waals surface area contributed by atoms with Crippen LogP contribution >= 0.6 is 11.6 Å². The number of nitrogens with one attached hydrogen (secondary N) is 2. The van der Waals surface area contributed by atoms with Crippen molar-refractivity contribution < 1.29 is 14.7 Å². The van der Waals surface area contributed by atoms with Gasteiger partial charge in [0.1, 0.15) is 0 Å². The summed E-state index contributed by atoms with van der Waals surface area (Å²) in [5.74, 6) is 0.112. The molecule has 0 saturated carbocycles. The van der Waals surface area contributed by atoms with Gasteiger partial charge in [-0.05, 0) is 48.9 Å². The number of carbonyl (C=O) groups excluding carboxylic acids is 2. The first-order valence-electron chi connectivity index (χ1n) is 10.7. The van der Waals surface area contributed by atoms with Crippen molar-refractivity contribution in [3.05, 3.63) is 64.7 Å². The predicted molar refractivity (Wildman–Crippen MR) is 123 cm³/mol. The number of nitrogens with zero attached hydrogens (tertiary/aromatic N) is 1. The van der Waals surface area contributed by atoms with E-state index in [0.717, 1.165) is 18.4 Å². The van der Waals surface area contributed by atoms with Crippen LogP contribution in [-0.4, -0.2) is 41.1 Å². The van der Waals surface area contributed by atoms with Crippen molar-refractivity contribution in [1.29, 1.82) is 0 Å². The lowest BCUT2D eigenvalue weighted by molar-refractivity contribution is 0.0949. The molecule has 0 bridgehead atoms. The maximum Gasteiger partial charge on any atom is 0.322 e. The summed E-state index contributed by atoms with van der Waals surface area (Å²) < 4.78 is 0. The van der Waals surface area contributed by atoms with Gasteiger partial charge in [-0.2, -0.15) is 0 Å². The fourth-order valence-electron chi connectivity index (χ4n) is 3.78. The number of urea groups is 1. The fourth-order valence-corrected chi connectivity index (χ4v) is 4.05. The molecule has 0 radical (unpaired) electrons. The number of likely N-dealkylation sites (tertiary alicyclic amines) is 1. The van der Waals surface area contributed by atoms with E-state index in [1.165, 1.54) is 0 Å². The molecule has 3 rings (SSSR count). The molecule has 1 aliphatic heterocycles. The topological polar surface area (TPSA) is 81.7 Å². The number of anilines is 1. The van der Waals surface area contributed by atoms with Crippen LogP contribution in [0.15, 0.2) is 48.5 Å². The van der Waals surface area contributed by atoms with Crippen LogP contribution in [-0.2, 0) is 0 Å². The first-order valence-corrected chi connectivity index (χ1v) is 11.1. The minimum atomic E-state index is -0.613. The molecule has 0 spiro atoms. The van der Waals surface area contributed by atoms with Crippen molar-refractivity contribution in [2.75, 3.05) is 18.4 Å². The molecule has 2 aromatic carbocycles. The average molecular weight is 444 g/mol. The summed E-state index contributed by atoms with van der Waals surface area (Å²) in [4.78, 5) is 26.9. The Hall–Kier alpha value is -2.57. The molecule has 3 amide bonds. The molecule has 7 heteroatoms. The van der Waals surface area contributed by atoms with E-state index in [9.17, 15) is 14.7 Å². The van der Waals surface area contributed by atoms with Crippen LogP contribution in [0, 0.1) is 5.92 Å². The van der Waals surface area contributed by atoms with E-state index in [2.05, 4.69) is 10.6 Å². The monoisotopic (exact) mass is 443 g/mol. The summed E-state index contributed by atoms with van der Waals surface area (Å²) in [7, 11) is 0. The summed E-state index contributed by atoms with van der Waals surface area (Å²) >= 11 is 6.29. The SMILES string of the molecule is CC(C)CNC(=O)c1ccc(NC(=O)N2CCC[C@@H]2C[C@H](O)c2ccccc2)cc1Cl. The summed E-state index contributed by atoms with van der Waals surface area (Å²) in [6, 6.07) is 14.1. The minimum Gasteiger partial charge on any atom is -0.388 e. The molecule has 0 aliphatic carbocycles. The highest BCUT2D eigenvalue weighted by atomic mass is 35.5. The lowest BCUT2D eigenvalue weighted by Crippen LogP contribution is -2.39. The van der Waals surface area contributed by atoms with E-state index in [1.807, 2.05) is 44.2 Å². The van der Waals surface area contributed by atoms with Gasteiger partial charge in [0.25, 0.3) is 5.91 Å². The molecule has 2 atom stereocenters. The molecular formula is C24H30ClN3O3. The molecule has 166 valence electrons. The number of aliphatic hydroxyl groups is 1. The van der Waals surface area contributed by atoms with Crippen molar-refractivity contribution >= 4 is 29.2 Å². The normalized spacial score (nSPS) is 16.9. The van der Waals surface area contributed by atoms with E-state index in [1.54, 1.807) is 23.1 Å². The van der Waals surface area contributed by atoms with Gasteiger partial charge >= 0.3 is 6.03 Å². The molecule has 0 unspecified atom stereocenters. The standard InChI is InChI=1S/C24H30ClN3O3/c1-16(2)15-26-23(30)20-11-10-18(13-21(20)25)27-24(31)28-12-6-9-19(28)14-22(29)17-7-4-3-5-8-17/h3-5,7-8,10-11,13,16,19,22,29H,6,9,12,14-15H2,1-2H3,(H,26,30)(H,27,31)/t19-,22+/m1/s1. The Kier molecular flexibility index (Phi) is 7.93. The van der Waals surface area contributed by atoms with Gasteiger partial charge in [0, 0.05) is 24.8 Å². The molecule has 1 aliphatic rings. The van der Waals surface area contributed by atoms with Crippen LogP contribution in [0.4, 0.5) is 10.5 Å². The smallest absolute Gasteiger partial charge is 0.322 e. The van der Waals surface area contributed by atoms with Gasteiger partial charge in [-0.1, -0.05) is 55.8 Å². The third kappa shape index (κ3) is 6.21. The first kappa shape index (κ1) is 23.1. The number of rotatable bonds is 7. The Bertz CT molecular complexity index is 904. The highest BCUT2D eigenvalue weighted by molar-refractivity contribution is 6.34. The molecule has 1 heterocycles. The Balaban J connectivity index is 1.61. The van der Waals surface area contributed by atoms with E-state index < -0.39 is 6.10 Å². The quantitative estimate of drug-likeness (QED) is 0.572. The predicted octanol–water partition coefficient (Wildman–Crippen LogP) is 4.85. The Morgan fingerprint density at radius 2 is 1.94 bits per heavy atom. The van der Waals surface area contributed by atoms with E-state index in [-0.39, 0.29) is 23.0 Å². The van der Waals surface area contributed by atoms with Crippen LogP contribution in [0.1, 0.15) is 55.1 Å². The van der Waals surface area contributed by atoms with Gasteiger partial charge in [0.2, 0.25) is 0 Å². The van der Waals surface area contributed by atoms with Crippen LogP contribution in [0.5, 0.6) is 0 Å². The summed E-state index contributed by atoms with van der Waals surface area (Å²) in [5, 5.41) is 16.6. The summed E-state index contributed by atoms with van der Waals surface area (Å²) in [6.07, 6.45) is 1.63. The van der Waals surface area contributed by atoms with Gasteiger partial charge < -0.3 is 20.6 Å². The Labute approximate surface area is 188 Å². The maximum atomic E-state index is 12.9. The van der Waals surface area contributed by atoms with Crippen LogP contribution < -0.4 is 10.6 Å². The van der Waals surface area contributed by atoms with Gasteiger partial charge in [0.05, 0.1) is 16.7 Å². The highest BCUT2D eigenvalue weighted by Crippen LogP contribution is 2.28. The molecule has 2 aromatic rings. The lowest BCUT2D eigenvalue weighted by Gasteiger charge is -2.27. The number of benzene rings is 2. The van der Waals surface area contributed by atoms with E-state index in [4.69, 9.17) is 11.6 Å². The molecule has 6 nitrogen and oxygen atoms in total. The van der Waals surface area contributed by atoms with Gasteiger partial charge in [-0.3, -0.25) is 4.79 Å². The zero-order valence-electron chi connectivity index (χ0n) is 18.0. The second kappa shape index (κ2) is 10.6. The fraction of sp³-hybridized carbons (Fsp3) is 0.417. The van der Waals surface area contributed by atoms with Crippen LogP contribution in [0.25, 0.3) is 0 Å². The van der Waals surface area contributed by atoms with Crippen LogP contribution in [0.2, 0.25) is 5.02 Å². The van der Waals surface area contributed by atoms with Gasteiger partial charge in [-0.25, -0.2) is 4.79 Å². The average Bonchev–Trinajstić information content (AvgIpc) is 3.21. The zero-order valence-corrected chi connectivity index (χ0v) is 18.7. The number of carbonyl (C=O) groups is 2. The summed E-state index contributed by atoms with van der Waals surface area (Å²) in [6.45, 7) is 5.25. The Morgan fingerprint density at radius 1 is 1.19 bits per heavy atom. The van der Waals surface area contributed by atoms with Crippen molar-refractivity contribution in [1.82, 2.24) is 10.2 Å². The molecule has 3 N–H and O–H groups in total. The van der Waals surface area contributed by atoms with Crippen molar-refractivity contribution in [2.45, 2.75) is 45.3 Å². The molecule has 31 heavy (non-hydrogen) atoms. The Morgan fingerprint density at radius 3 is 2.61 bits per heavy atom. The number of halogens is 1. The largest absolute Gasteiger partial charge is 0.388 e. The number of hydrogen-bond acceptors (Lipinski definition) is 3. The lowest BCUT2D eigenvalue weighted by atomic mass is 10.0. The number of amides is 3. The first-order chi connectivity index (χ1) is 14.8. The van der Waals surface area contributed by atoms with E-state index >= 15 is 0 Å². The van der Waals surface area contributed by atoms with Crippen molar-refractivity contribution in [3.8, 4) is 0 Å². The maximum absolute atomic E-state index is 12.9. The molecule has 1 saturated heterocycles. The molecule has 1 fully saturated rings. The number of aliphatic hydroxyl groups excluding tert-OH is 1. The zero-order chi connectivity index (χ0) is 22.4. The van der Waals surface area contributed by atoms with Crippen LogP contribution in [0.3, 0.4) is 0 Å². The highest BCUT2D eigenvalue weighted by Gasteiger charge is 2.31. The van der Waals surface area contributed by atoms with Crippen molar-refractivity contribution in [2.24, 2.45) is 5.92 Å². The second-order valence-electron chi connectivity index (χ2n) is 8.38. The second-order valence-corrected chi connectivity index (χ2v) is 8.79.